The van der Waals surface area contributed by atoms with Gasteiger partial charge in [-0.05, 0) is 23.3 Å². The zero-order valence-corrected chi connectivity index (χ0v) is 25.0. The topological polar surface area (TPSA) is 226 Å². The average molecular weight is 657 g/mol. The lowest BCUT2D eigenvalue weighted by atomic mass is 9.99. The second kappa shape index (κ2) is 12.3. The Morgan fingerprint density at radius 3 is 1.35 bits per heavy atom. The minimum atomic E-state index is -4.46. The van der Waals surface area contributed by atoms with Crippen molar-refractivity contribution in [2.24, 2.45) is 0 Å². The fourth-order valence-corrected chi connectivity index (χ4v) is 7.11. The third-order valence-electron chi connectivity index (χ3n) is 7.08. The highest BCUT2D eigenvalue weighted by atomic mass is 32.2. The van der Waals surface area contributed by atoms with Gasteiger partial charge in [0.2, 0.25) is 20.0 Å². The summed E-state index contributed by atoms with van der Waals surface area (Å²) in [6.45, 7) is -0.359. The van der Waals surface area contributed by atoms with Crippen molar-refractivity contribution in [3.05, 3.63) is 133 Å². The van der Waals surface area contributed by atoms with E-state index in [1.165, 1.54) is 0 Å². The molecule has 0 heterocycles. The molecule has 0 unspecified atom stereocenters. The molecule has 0 aliphatic heterocycles. The quantitative estimate of drug-likeness (QED) is 0.123. The number of benzene rings is 4. The minimum absolute atomic E-state index is 0.179. The molecule has 0 fully saturated rings. The molecule has 2 N–H and O–H groups in total. The van der Waals surface area contributed by atoms with Crippen molar-refractivity contribution in [3.63, 3.8) is 0 Å². The summed E-state index contributed by atoms with van der Waals surface area (Å²) in [4.78, 5) is 21.6. The lowest BCUT2D eigenvalue weighted by Crippen LogP contribution is -2.23. The summed E-state index contributed by atoms with van der Waals surface area (Å²) in [5.41, 5.74) is -3.19. The van der Waals surface area contributed by atoms with Crippen molar-refractivity contribution in [2.45, 2.75) is 22.9 Å². The van der Waals surface area contributed by atoms with Gasteiger partial charge in [-0.25, -0.2) is 26.3 Å². The molecule has 0 spiro atoms. The van der Waals surface area contributed by atoms with Gasteiger partial charge in [-0.15, -0.1) is 0 Å². The molecule has 230 valence electrons. The highest BCUT2D eigenvalue weighted by molar-refractivity contribution is 7.89. The van der Waals surface area contributed by atoms with Gasteiger partial charge < -0.3 is 0 Å². The lowest BCUT2D eigenvalue weighted by molar-refractivity contribution is -0.386. The van der Waals surface area contributed by atoms with E-state index in [0.29, 0.717) is 23.3 Å². The van der Waals surface area contributed by atoms with Gasteiger partial charge in [0.1, 0.15) is 17.7 Å². The first-order chi connectivity index (χ1) is 21.9. The Bertz CT molecular complexity index is 2100. The highest BCUT2D eigenvalue weighted by Gasteiger charge is 2.41. The van der Waals surface area contributed by atoms with Crippen LogP contribution >= 0.6 is 0 Å². The van der Waals surface area contributed by atoms with Crippen LogP contribution in [-0.4, -0.2) is 26.7 Å². The second-order valence-corrected chi connectivity index (χ2v) is 13.4. The van der Waals surface area contributed by atoms with Crippen molar-refractivity contribution in [3.8, 4) is 23.3 Å². The van der Waals surface area contributed by atoms with Crippen LogP contribution < -0.4 is 9.44 Å². The molecule has 46 heavy (non-hydrogen) atoms. The Morgan fingerprint density at radius 1 is 0.652 bits per heavy atom. The zero-order chi connectivity index (χ0) is 33.2. The standard InChI is InChI=1S/C30H20N6O8S2/c31-15-21(16-32)28-24-11-22(45(41,42)33-17-19-7-3-1-4-8-19)13-26(35(37)38)29(24)30-25(28)12-23(14-27(30)36(39)40)46(43,44)34-18-20-9-5-2-6-10-20/h1-14,33-34H,17-18H2. The minimum Gasteiger partial charge on any atom is -0.258 e. The summed E-state index contributed by atoms with van der Waals surface area (Å²) in [6, 6.07) is 23.4. The molecule has 0 amide bonds. The molecule has 4 aromatic rings. The van der Waals surface area contributed by atoms with E-state index in [2.05, 4.69) is 9.44 Å². The third-order valence-corrected chi connectivity index (χ3v) is 9.84. The highest BCUT2D eigenvalue weighted by Crippen LogP contribution is 2.54. The van der Waals surface area contributed by atoms with Crippen LogP contribution in [0.5, 0.6) is 0 Å². The third kappa shape index (κ3) is 5.96. The summed E-state index contributed by atoms with van der Waals surface area (Å²) >= 11 is 0. The number of fused-ring (bicyclic) bond motifs is 3. The van der Waals surface area contributed by atoms with Gasteiger partial charge in [0.15, 0.2) is 0 Å². The maximum absolute atomic E-state index is 13.3. The smallest absolute Gasteiger partial charge is 0.258 e. The number of rotatable bonds is 10. The molecule has 0 aromatic heterocycles. The predicted molar refractivity (Wildman–Crippen MR) is 163 cm³/mol. The number of nitrogens with one attached hydrogen (secondary N) is 2. The van der Waals surface area contributed by atoms with E-state index in [4.69, 9.17) is 0 Å². The molecule has 4 aromatic carbocycles. The number of nitro groups is 2. The fourth-order valence-electron chi connectivity index (χ4n) is 4.99. The Hall–Kier alpha value is -5.78. The monoisotopic (exact) mass is 656 g/mol. The Kier molecular flexibility index (Phi) is 8.47. The van der Waals surface area contributed by atoms with Crippen molar-refractivity contribution in [1.82, 2.24) is 9.44 Å². The van der Waals surface area contributed by atoms with E-state index < -0.39 is 67.8 Å². The van der Waals surface area contributed by atoms with E-state index in [9.17, 15) is 47.6 Å². The summed E-state index contributed by atoms with van der Waals surface area (Å²) < 4.78 is 58.0. The molecule has 0 radical (unpaired) electrons. The number of nitriles is 2. The molecule has 1 aliphatic rings. The Balaban J connectivity index is 1.73. The van der Waals surface area contributed by atoms with Crippen molar-refractivity contribution in [1.29, 1.82) is 10.5 Å². The first-order valence-corrected chi connectivity index (χ1v) is 16.1. The fraction of sp³-hybridized carbons (Fsp3) is 0.0667. The molecule has 0 saturated heterocycles. The largest absolute Gasteiger partial charge is 0.279 e. The second-order valence-electron chi connectivity index (χ2n) is 9.84. The van der Waals surface area contributed by atoms with E-state index in [1.807, 2.05) is 0 Å². The number of nitrogens with zero attached hydrogens (tertiary/aromatic N) is 4. The van der Waals surface area contributed by atoms with Gasteiger partial charge in [0.05, 0.1) is 30.8 Å². The summed E-state index contributed by atoms with van der Waals surface area (Å²) in [7, 11) is -8.92. The van der Waals surface area contributed by atoms with Crippen LogP contribution in [0.15, 0.2) is 100 Å². The molecule has 5 rings (SSSR count). The van der Waals surface area contributed by atoms with Crippen LogP contribution in [0.1, 0.15) is 22.3 Å². The van der Waals surface area contributed by atoms with E-state index >= 15 is 0 Å². The van der Waals surface area contributed by atoms with Gasteiger partial charge >= 0.3 is 0 Å². The van der Waals surface area contributed by atoms with Gasteiger partial charge in [0, 0.05) is 41.9 Å². The van der Waals surface area contributed by atoms with Gasteiger partial charge in [-0.3, -0.25) is 20.2 Å². The molecule has 14 nitrogen and oxygen atoms in total. The van der Waals surface area contributed by atoms with Crippen LogP contribution in [0.25, 0.3) is 16.7 Å². The van der Waals surface area contributed by atoms with Crippen LogP contribution in [-0.2, 0) is 33.1 Å². The summed E-state index contributed by atoms with van der Waals surface area (Å²) in [5.74, 6) is 0. The van der Waals surface area contributed by atoms with E-state index in [0.717, 1.165) is 12.1 Å². The molecular weight excluding hydrogens is 636 g/mol. The number of nitro benzene ring substituents is 2. The lowest BCUT2D eigenvalue weighted by Gasteiger charge is -2.10. The van der Waals surface area contributed by atoms with Crippen molar-refractivity contribution >= 4 is 37.0 Å². The predicted octanol–water partition coefficient (Wildman–Crippen LogP) is 4.29. The van der Waals surface area contributed by atoms with Crippen LogP contribution in [0.4, 0.5) is 11.4 Å². The van der Waals surface area contributed by atoms with Crippen LogP contribution in [0, 0.1) is 42.9 Å². The zero-order valence-electron chi connectivity index (χ0n) is 23.4. The number of hydrogen-bond donors (Lipinski definition) is 2. The van der Waals surface area contributed by atoms with Gasteiger partial charge in [-0.2, -0.15) is 10.5 Å². The van der Waals surface area contributed by atoms with Gasteiger partial charge in [0.25, 0.3) is 11.4 Å². The number of sulfonamides is 2. The first kappa shape index (κ1) is 31.6. The van der Waals surface area contributed by atoms with E-state index in [-0.39, 0.29) is 29.8 Å². The average Bonchev–Trinajstić information content (AvgIpc) is 3.37. The summed E-state index contributed by atoms with van der Waals surface area (Å²) in [6.07, 6.45) is 0. The molecule has 0 bridgehead atoms. The maximum Gasteiger partial charge on any atom is 0.279 e. The molecule has 1 aliphatic carbocycles. The van der Waals surface area contributed by atoms with Crippen LogP contribution in [0.2, 0.25) is 0 Å². The molecule has 0 saturated carbocycles. The maximum atomic E-state index is 13.3. The number of allylic oxidation sites excluding steroid dienone is 1. The first-order valence-electron chi connectivity index (χ1n) is 13.2. The van der Waals surface area contributed by atoms with Crippen molar-refractivity contribution in [2.75, 3.05) is 0 Å². The molecule has 0 atom stereocenters. The summed E-state index contributed by atoms with van der Waals surface area (Å²) in [5, 5.41) is 44.3. The van der Waals surface area contributed by atoms with E-state index in [1.54, 1.807) is 72.8 Å². The number of hydrogen-bond acceptors (Lipinski definition) is 10. The normalized spacial score (nSPS) is 12.0. The SMILES string of the molecule is N#CC(C#N)=C1c2cc(S(=O)(=O)NCc3ccccc3)cc([N+](=O)[O-])c2-c2c1cc(S(=O)(=O)NCc1ccccc1)cc2[N+](=O)[O-]. The molecule has 16 heteroatoms. The van der Waals surface area contributed by atoms with Crippen LogP contribution in [0.3, 0.4) is 0 Å². The Morgan fingerprint density at radius 2 is 1.02 bits per heavy atom. The molecular formula is C30H20N6O8S2. The Labute approximate surface area is 262 Å². The van der Waals surface area contributed by atoms with Crippen molar-refractivity contribution < 1.29 is 26.7 Å². The van der Waals surface area contributed by atoms with Gasteiger partial charge in [-0.1, -0.05) is 60.7 Å².